The minimum atomic E-state index is -0.732. The number of hydrogen-bond acceptors (Lipinski definition) is 4. The molecule has 0 amide bonds. The summed E-state index contributed by atoms with van der Waals surface area (Å²) < 4.78 is 5.46. The highest BCUT2D eigenvalue weighted by atomic mass is 16.6. The number of aliphatic hydroxyl groups is 1. The van der Waals surface area contributed by atoms with Crippen molar-refractivity contribution in [3.63, 3.8) is 0 Å². The molecule has 1 heterocycles. The van der Waals surface area contributed by atoms with E-state index in [1.54, 1.807) is 19.1 Å². The number of fused-ring (bicyclic) bond motifs is 3. The third-order valence-corrected chi connectivity index (χ3v) is 4.94. The van der Waals surface area contributed by atoms with Crippen LogP contribution in [0.4, 0.5) is 0 Å². The average molecular weight is 262 g/mol. The number of hydrogen-bond donors (Lipinski definition) is 1. The van der Waals surface area contributed by atoms with Gasteiger partial charge in [-0.3, -0.25) is 9.59 Å². The number of ether oxygens (including phenoxy) is 1. The van der Waals surface area contributed by atoms with Gasteiger partial charge in [-0.1, -0.05) is 13.0 Å². The Balaban J connectivity index is 2.15. The number of esters is 1. The predicted molar refractivity (Wildman–Crippen MR) is 68.1 cm³/mol. The van der Waals surface area contributed by atoms with Crippen molar-refractivity contribution in [2.24, 2.45) is 17.3 Å². The first-order valence-electron chi connectivity index (χ1n) is 6.68. The number of aliphatic hydroxyl groups excluding tert-OH is 1. The summed E-state index contributed by atoms with van der Waals surface area (Å²) >= 11 is 0. The summed E-state index contributed by atoms with van der Waals surface area (Å²) in [5, 5.41) is 10.3. The topological polar surface area (TPSA) is 63.6 Å². The fourth-order valence-electron chi connectivity index (χ4n) is 3.86. The first kappa shape index (κ1) is 12.6. The van der Waals surface area contributed by atoms with Crippen molar-refractivity contribution in [3.8, 4) is 0 Å². The highest BCUT2D eigenvalue weighted by Gasteiger charge is 2.58. The van der Waals surface area contributed by atoms with Gasteiger partial charge in [0.2, 0.25) is 0 Å². The minimum Gasteiger partial charge on any atom is -0.457 e. The fraction of sp³-hybridized carbons (Fsp3) is 0.600. The van der Waals surface area contributed by atoms with E-state index in [1.807, 2.05) is 13.8 Å². The number of rotatable bonds is 0. The number of carbonyl (C=O) groups is 2. The minimum absolute atomic E-state index is 0.0128. The van der Waals surface area contributed by atoms with Gasteiger partial charge in [0.05, 0.1) is 17.4 Å². The Morgan fingerprint density at radius 2 is 2.05 bits per heavy atom. The lowest BCUT2D eigenvalue weighted by Gasteiger charge is -2.45. The molecule has 0 aromatic rings. The summed E-state index contributed by atoms with van der Waals surface area (Å²) in [5.41, 5.74) is 1.13. The molecule has 1 N–H and O–H groups in total. The summed E-state index contributed by atoms with van der Waals surface area (Å²) in [6.45, 7) is 5.56. The first-order valence-corrected chi connectivity index (χ1v) is 6.68. The average Bonchev–Trinajstić information content (AvgIpc) is 2.61. The SMILES string of the molecule is CC1=C2C3OC(=O)C(C)C3C(O)CC2(C)C(=O)C=C1. The molecule has 5 unspecified atom stereocenters. The lowest BCUT2D eigenvalue weighted by molar-refractivity contribution is -0.144. The van der Waals surface area contributed by atoms with Gasteiger partial charge in [0.1, 0.15) is 6.10 Å². The van der Waals surface area contributed by atoms with Crippen LogP contribution in [0.25, 0.3) is 0 Å². The van der Waals surface area contributed by atoms with E-state index in [-0.39, 0.29) is 23.6 Å². The second-order valence-electron chi connectivity index (χ2n) is 6.12. The van der Waals surface area contributed by atoms with Crippen LogP contribution in [0.5, 0.6) is 0 Å². The molecule has 102 valence electrons. The van der Waals surface area contributed by atoms with Gasteiger partial charge in [0.15, 0.2) is 5.78 Å². The molecule has 0 radical (unpaired) electrons. The number of carbonyl (C=O) groups excluding carboxylic acids is 2. The molecule has 0 aromatic carbocycles. The Hall–Kier alpha value is -1.42. The third kappa shape index (κ3) is 1.49. The molecule has 5 atom stereocenters. The van der Waals surface area contributed by atoms with Crippen LogP contribution in [0.2, 0.25) is 0 Å². The van der Waals surface area contributed by atoms with E-state index >= 15 is 0 Å². The molecule has 4 heteroatoms. The number of ketones is 1. The molecule has 0 bridgehead atoms. The maximum absolute atomic E-state index is 12.2. The Kier molecular flexibility index (Phi) is 2.52. The second-order valence-corrected chi connectivity index (χ2v) is 6.12. The van der Waals surface area contributed by atoms with E-state index in [0.29, 0.717) is 6.42 Å². The van der Waals surface area contributed by atoms with Crippen LogP contribution in [0, 0.1) is 17.3 Å². The van der Waals surface area contributed by atoms with Gasteiger partial charge in [-0.2, -0.15) is 0 Å². The molecule has 1 saturated heterocycles. The summed E-state index contributed by atoms with van der Waals surface area (Å²) in [6.07, 6.45) is 2.58. The Morgan fingerprint density at radius 1 is 1.37 bits per heavy atom. The summed E-state index contributed by atoms with van der Waals surface area (Å²) in [4.78, 5) is 24.0. The second kappa shape index (κ2) is 3.79. The van der Waals surface area contributed by atoms with Gasteiger partial charge in [0.25, 0.3) is 0 Å². The highest BCUT2D eigenvalue weighted by molar-refractivity contribution is 5.99. The molecule has 3 rings (SSSR count). The summed E-state index contributed by atoms with van der Waals surface area (Å²) in [7, 11) is 0. The zero-order valence-corrected chi connectivity index (χ0v) is 11.3. The largest absolute Gasteiger partial charge is 0.457 e. The van der Waals surface area contributed by atoms with E-state index in [1.165, 1.54) is 0 Å². The zero-order chi connectivity index (χ0) is 13.9. The van der Waals surface area contributed by atoms with E-state index < -0.39 is 17.6 Å². The van der Waals surface area contributed by atoms with Gasteiger partial charge in [-0.15, -0.1) is 0 Å². The van der Waals surface area contributed by atoms with Crippen molar-refractivity contribution in [2.45, 2.75) is 39.4 Å². The molecule has 19 heavy (non-hydrogen) atoms. The number of allylic oxidation sites excluding steroid dienone is 3. The fourth-order valence-corrected chi connectivity index (χ4v) is 3.86. The van der Waals surface area contributed by atoms with Gasteiger partial charge in [-0.05, 0) is 37.5 Å². The Labute approximate surface area is 112 Å². The van der Waals surface area contributed by atoms with Crippen molar-refractivity contribution in [1.29, 1.82) is 0 Å². The molecular weight excluding hydrogens is 244 g/mol. The van der Waals surface area contributed by atoms with Crippen LogP contribution in [-0.2, 0) is 14.3 Å². The van der Waals surface area contributed by atoms with Crippen molar-refractivity contribution in [1.82, 2.24) is 0 Å². The van der Waals surface area contributed by atoms with Gasteiger partial charge < -0.3 is 9.84 Å². The molecule has 2 aliphatic carbocycles. The van der Waals surface area contributed by atoms with Crippen molar-refractivity contribution < 1.29 is 19.4 Å². The highest BCUT2D eigenvalue weighted by Crippen LogP contribution is 2.52. The molecule has 1 saturated carbocycles. The van der Waals surface area contributed by atoms with Gasteiger partial charge in [-0.25, -0.2) is 0 Å². The summed E-state index contributed by atoms with van der Waals surface area (Å²) in [6, 6.07) is 0. The first-order chi connectivity index (χ1) is 8.86. The van der Waals surface area contributed by atoms with Crippen molar-refractivity contribution in [2.75, 3.05) is 0 Å². The zero-order valence-electron chi connectivity index (χ0n) is 11.3. The Bertz CT molecular complexity index is 530. The van der Waals surface area contributed by atoms with Crippen molar-refractivity contribution >= 4 is 11.8 Å². The van der Waals surface area contributed by atoms with Gasteiger partial charge >= 0.3 is 5.97 Å². The van der Waals surface area contributed by atoms with E-state index in [9.17, 15) is 14.7 Å². The molecule has 2 fully saturated rings. The predicted octanol–water partition coefficient (Wildman–Crippen LogP) is 1.39. The lowest BCUT2D eigenvalue weighted by Crippen LogP contribution is -2.50. The van der Waals surface area contributed by atoms with Crippen LogP contribution in [0.3, 0.4) is 0 Å². The molecule has 1 aliphatic heterocycles. The lowest BCUT2D eigenvalue weighted by atomic mass is 9.59. The quantitative estimate of drug-likeness (QED) is 0.670. The van der Waals surface area contributed by atoms with Crippen molar-refractivity contribution in [3.05, 3.63) is 23.3 Å². The molecule has 0 spiro atoms. The smallest absolute Gasteiger partial charge is 0.309 e. The Morgan fingerprint density at radius 3 is 2.74 bits per heavy atom. The van der Waals surface area contributed by atoms with Gasteiger partial charge in [0, 0.05) is 5.92 Å². The van der Waals surface area contributed by atoms with Crippen LogP contribution in [-0.4, -0.2) is 29.1 Å². The molecule has 3 aliphatic rings. The third-order valence-electron chi connectivity index (χ3n) is 4.94. The maximum Gasteiger partial charge on any atom is 0.309 e. The normalized spacial score (nSPS) is 45.1. The van der Waals surface area contributed by atoms with E-state index in [2.05, 4.69) is 0 Å². The van der Waals surface area contributed by atoms with Crippen LogP contribution >= 0.6 is 0 Å². The molecule has 0 aromatic heterocycles. The van der Waals surface area contributed by atoms with Crippen LogP contribution in [0.1, 0.15) is 27.2 Å². The molecular formula is C15H18O4. The maximum atomic E-state index is 12.2. The van der Waals surface area contributed by atoms with E-state index in [0.717, 1.165) is 11.1 Å². The van der Waals surface area contributed by atoms with Crippen LogP contribution in [0.15, 0.2) is 23.3 Å². The standard InChI is InChI=1S/C15H18O4/c1-7-4-5-10(17)15(3)6-9(16)11-8(2)14(18)19-13(11)12(7)15/h4-5,8-9,11,13,16H,6H2,1-3H3. The summed E-state index contributed by atoms with van der Waals surface area (Å²) in [5.74, 6) is -0.836. The van der Waals surface area contributed by atoms with E-state index in [4.69, 9.17) is 4.74 Å². The van der Waals surface area contributed by atoms with Crippen LogP contribution < -0.4 is 0 Å². The molecule has 4 nitrogen and oxygen atoms in total. The monoisotopic (exact) mass is 262 g/mol.